The third-order valence-corrected chi connectivity index (χ3v) is 2.26. The molecule has 0 saturated heterocycles. The highest BCUT2D eigenvalue weighted by molar-refractivity contribution is 5.78. The van der Waals surface area contributed by atoms with Crippen LogP contribution in [0.2, 0.25) is 0 Å². The van der Waals surface area contributed by atoms with E-state index in [2.05, 4.69) is 4.98 Å². The zero-order chi connectivity index (χ0) is 12.6. The third-order valence-electron chi connectivity index (χ3n) is 2.26. The van der Waals surface area contributed by atoms with Crippen molar-refractivity contribution in [3.63, 3.8) is 0 Å². The molecule has 2 aromatic rings. The summed E-state index contributed by atoms with van der Waals surface area (Å²) in [5.41, 5.74) is 3.53. The molecule has 7 heteroatoms. The van der Waals surface area contributed by atoms with Crippen LogP contribution < -0.4 is 17.0 Å². The molecule has 1 aromatic heterocycles. The van der Waals surface area contributed by atoms with Crippen LogP contribution in [0.3, 0.4) is 0 Å². The van der Waals surface area contributed by atoms with Gasteiger partial charge in [-0.2, -0.15) is 0 Å². The first-order chi connectivity index (χ1) is 7.99. The van der Waals surface area contributed by atoms with Gasteiger partial charge in [0.2, 0.25) is 5.91 Å². The molecule has 0 aliphatic heterocycles. The molecule has 1 amide bonds. The van der Waals surface area contributed by atoms with E-state index in [1.165, 1.54) is 6.07 Å². The topological polar surface area (TPSA) is 97.9 Å². The van der Waals surface area contributed by atoms with Crippen LogP contribution in [0.4, 0.5) is 4.39 Å². The number of carbonyl (C=O) groups is 1. The second-order valence-corrected chi connectivity index (χ2v) is 3.48. The monoisotopic (exact) mass is 237 g/mol. The highest BCUT2D eigenvalue weighted by atomic mass is 19.1. The molecule has 0 aliphatic carbocycles. The first-order valence-electron chi connectivity index (χ1n) is 4.70. The predicted molar refractivity (Wildman–Crippen MR) is 58.0 cm³/mol. The molecule has 3 N–H and O–H groups in total. The number of carbonyl (C=O) groups excluding carboxylic acids is 1. The van der Waals surface area contributed by atoms with Gasteiger partial charge in [-0.1, -0.05) is 0 Å². The quantitative estimate of drug-likeness (QED) is 0.723. The van der Waals surface area contributed by atoms with Crippen molar-refractivity contribution in [3.8, 4) is 0 Å². The van der Waals surface area contributed by atoms with Gasteiger partial charge in [0, 0.05) is 0 Å². The lowest BCUT2D eigenvalue weighted by Gasteiger charge is -2.03. The number of fused-ring (bicyclic) bond motifs is 1. The van der Waals surface area contributed by atoms with Crippen molar-refractivity contribution >= 4 is 16.8 Å². The fourth-order valence-corrected chi connectivity index (χ4v) is 1.53. The van der Waals surface area contributed by atoms with Crippen molar-refractivity contribution < 1.29 is 9.18 Å². The molecule has 6 nitrogen and oxygen atoms in total. The van der Waals surface area contributed by atoms with E-state index < -0.39 is 29.5 Å². The third kappa shape index (κ3) is 1.94. The maximum Gasteiger partial charge on any atom is 0.329 e. The number of amides is 1. The van der Waals surface area contributed by atoms with Crippen LogP contribution in [0.15, 0.2) is 27.8 Å². The number of halogens is 1. The van der Waals surface area contributed by atoms with Crippen LogP contribution in [0, 0.1) is 5.82 Å². The molecule has 0 saturated carbocycles. The van der Waals surface area contributed by atoms with Crippen LogP contribution in [0.25, 0.3) is 10.9 Å². The Hall–Kier alpha value is -2.44. The normalized spacial score (nSPS) is 10.6. The standard InChI is InChI=1S/C10H8FN3O3/c11-5-1-2-6-7(3-5)13-10(17)14(9(6)16)4-8(12)15/h1-3H,4H2,(H2,12,15)(H,13,17). The molecule has 1 aromatic carbocycles. The minimum atomic E-state index is -0.806. The Bertz CT molecular complexity index is 717. The highest BCUT2D eigenvalue weighted by Gasteiger charge is 2.09. The number of benzene rings is 1. The maximum atomic E-state index is 12.9. The van der Waals surface area contributed by atoms with Crippen LogP contribution in [0.5, 0.6) is 0 Å². The summed E-state index contributed by atoms with van der Waals surface area (Å²) in [6.45, 7) is -0.512. The summed E-state index contributed by atoms with van der Waals surface area (Å²) in [7, 11) is 0. The summed E-state index contributed by atoms with van der Waals surface area (Å²) in [5, 5.41) is 0.118. The van der Waals surface area contributed by atoms with Gasteiger partial charge >= 0.3 is 5.69 Å². The van der Waals surface area contributed by atoms with Crippen LogP contribution in [-0.2, 0) is 11.3 Å². The molecule has 0 aliphatic rings. The van der Waals surface area contributed by atoms with E-state index in [1.807, 2.05) is 0 Å². The van der Waals surface area contributed by atoms with Crippen molar-refractivity contribution in [2.75, 3.05) is 0 Å². The van der Waals surface area contributed by atoms with Gasteiger partial charge in [0.1, 0.15) is 12.4 Å². The lowest BCUT2D eigenvalue weighted by atomic mass is 10.2. The molecular weight excluding hydrogens is 229 g/mol. The number of nitrogens with zero attached hydrogens (tertiary/aromatic N) is 1. The van der Waals surface area contributed by atoms with Crippen molar-refractivity contribution in [3.05, 3.63) is 44.9 Å². The van der Waals surface area contributed by atoms with Gasteiger partial charge in [-0.25, -0.2) is 9.18 Å². The van der Waals surface area contributed by atoms with E-state index in [-0.39, 0.29) is 10.9 Å². The summed E-state index contributed by atoms with van der Waals surface area (Å²) in [6, 6.07) is 3.36. The fourth-order valence-electron chi connectivity index (χ4n) is 1.53. The van der Waals surface area contributed by atoms with E-state index in [4.69, 9.17) is 5.73 Å². The van der Waals surface area contributed by atoms with Gasteiger partial charge < -0.3 is 10.7 Å². The minimum absolute atomic E-state index is 0.0840. The van der Waals surface area contributed by atoms with E-state index in [0.29, 0.717) is 4.57 Å². The molecule has 0 atom stereocenters. The first-order valence-corrected chi connectivity index (χ1v) is 4.70. The van der Waals surface area contributed by atoms with Crippen molar-refractivity contribution in [1.82, 2.24) is 9.55 Å². The maximum absolute atomic E-state index is 12.9. The van der Waals surface area contributed by atoms with Gasteiger partial charge in [0.05, 0.1) is 10.9 Å². The smallest absolute Gasteiger partial charge is 0.329 e. The lowest BCUT2D eigenvalue weighted by molar-refractivity contribution is -0.118. The summed E-state index contributed by atoms with van der Waals surface area (Å²) in [6.07, 6.45) is 0. The number of rotatable bonds is 2. The highest BCUT2D eigenvalue weighted by Crippen LogP contribution is 2.06. The average molecular weight is 237 g/mol. The molecular formula is C10H8FN3O3. The molecule has 0 radical (unpaired) electrons. The molecule has 0 fully saturated rings. The number of hydrogen-bond donors (Lipinski definition) is 2. The summed E-state index contributed by atoms with van der Waals surface area (Å²) < 4.78 is 13.6. The molecule has 0 spiro atoms. The number of nitrogens with one attached hydrogen (secondary N) is 1. The van der Waals surface area contributed by atoms with Gasteiger partial charge in [0.25, 0.3) is 5.56 Å². The number of nitrogens with two attached hydrogens (primary N) is 1. The van der Waals surface area contributed by atoms with Crippen LogP contribution in [-0.4, -0.2) is 15.5 Å². The predicted octanol–water partition coefficient (Wildman–Crippen LogP) is -0.686. The van der Waals surface area contributed by atoms with Crippen molar-refractivity contribution in [2.24, 2.45) is 5.73 Å². The Labute approximate surface area is 93.5 Å². The lowest BCUT2D eigenvalue weighted by Crippen LogP contribution is -2.39. The number of H-pyrrole nitrogens is 1. The molecule has 0 unspecified atom stereocenters. The zero-order valence-corrected chi connectivity index (χ0v) is 8.57. The average Bonchev–Trinajstić information content (AvgIpc) is 2.23. The van der Waals surface area contributed by atoms with Gasteiger partial charge in [0.15, 0.2) is 0 Å². The number of aromatic amines is 1. The molecule has 1 heterocycles. The van der Waals surface area contributed by atoms with E-state index in [9.17, 15) is 18.8 Å². The Morgan fingerprint density at radius 2 is 2.12 bits per heavy atom. The number of hydrogen-bond acceptors (Lipinski definition) is 3. The Morgan fingerprint density at radius 3 is 2.76 bits per heavy atom. The van der Waals surface area contributed by atoms with Gasteiger partial charge in [-0.15, -0.1) is 0 Å². The summed E-state index contributed by atoms with van der Waals surface area (Å²) in [5.74, 6) is -1.38. The molecule has 88 valence electrons. The second-order valence-electron chi connectivity index (χ2n) is 3.48. The number of primary amides is 1. The fraction of sp³-hybridized carbons (Fsp3) is 0.100. The number of aromatic nitrogens is 2. The largest absolute Gasteiger partial charge is 0.368 e. The molecule has 0 bridgehead atoms. The first kappa shape index (κ1) is 11.1. The van der Waals surface area contributed by atoms with E-state index in [1.54, 1.807) is 0 Å². The molecule has 2 rings (SSSR count). The van der Waals surface area contributed by atoms with E-state index >= 15 is 0 Å². The van der Waals surface area contributed by atoms with Crippen LogP contribution >= 0.6 is 0 Å². The van der Waals surface area contributed by atoms with Crippen molar-refractivity contribution in [1.29, 1.82) is 0 Å². The molecule has 17 heavy (non-hydrogen) atoms. The Morgan fingerprint density at radius 1 is 1.41 bits per heavy atom. The van der Waals surface area contributed by atoms with Gasteiger partial charge in [-0.05, 0) is 18.2 Å². The Balaban J connectivity index is 2.81. The van der Waals surface area contributed by atoms with Gasteiger partial charge in [-0.3, -0.25) is 14.2 Å². The van der Waals surface area contributed by atoms with Crippen molar-refractivity contribution in [2.45, 2.75) is 6.54 Å². The summed E-state index contributed by atoms with van der Waals surface area (Å²) >= 11 is 0. The second kappa shape index (κ2) is 3.85. The van der Waals surface area contributed by atoms with Crippen LogP contribution in [0.1, 0.15) is 0 Å². The summed E-state index contributed by atoms with van der Waals surface area (Å²) in [4.78, 5) is 36.3. The SMILES string of the molecule is NC(=O)Cn1c(=O)[nH]c2cc(F)ccc2c1=O. The van der Waals surface area contributed by atoms with E-state index in [0.717, 1.165) is 12.1 Å². The minimum Gasteiger partial charge on any atom is -0.368 e. The zero-order valence-electron chi connectivity index (χ0n) is 8.57. The Kier molecular flexibility index (Phi) is 2.51.